The van der Waals surface area contributed by atoms with Crippen LogP contribution >= 0.6 is 35.0 Å². The van der Waals surface area contributed by atoms with Gasteiger partial charge in [-0.05, 0) is 41.9 Å². The Morgan fingerprint density at radius 3 is 2.23 bits per heavy atom. The van der Waals surface area contributed by atoms with Gasteiger partial charge in [-0.3, -0.25) is 19.2 Å². The highest BCUT2D eigenvalue weighted by Gasteiger charge is 2.30. The highest BCUT2D eigenvalue weighted by molar-refractivity contribution is 7.99. The number of halogens is 2. The van der Waals surface area contributed by atoms with Gasteiger partial charge in [0.05, 0.1) is 27.6 Å². The number of hydrogen-bond acceptors (Lipinski definition) is 10. The molecule has 0 saturated heterocycles. The second kappa shape index (κ2) is 14.0. The zero-order valence-electron chi connectivity index (χ0n) is 21.2. The number of tetrazole rings is 1. The number of nitrogens with one attached hydrogen (secondary N) is 3. The van der Waals surface area contributed by atoms with E-state index in [1.54, 1.807) is 32.0 Å². The number of sulfonamides is 1. The molecule has 4 N–H and O–H groups in total. The number of amides is 2. The Hall–Kier alpha value is -2.79. The molecule has 2 rings (SSSR count). The zero-order valence-corrected chi connectivity index (χ0v) is 24.4. The topological polar surface area (TPSA) is 202 Å². The van der Waals surface area contributed by atoms with Gasteiger partial charge in [-0.1, -0.05) is 43.1 Å². The van der Waals surface area contributed by atoms with E-state index in [2.05, 4.69) is 30.8 Å². The van der Waals surface area contributed by atoms with Crippen molar-refractivity contribution in [2.45, 2.75) is 61.9 Å². The monoisotopic (exact) mass is 623 g/mol. The molecular formula is C21H27Cl2N7O7S2. The molecule has 0 fully saturated rings. The predicted molar refractivity (Wildman–Crippen MR) is 142 cm³/mol. The van der Waals surface area contributed by atoms with Crippen LogP contribution in [0.2, 0.25) is 10.0 Å². The summed E-state index contributed by atoms with van der Waals surface area (Å²) < 4.78 is 25.3. The maximum atomic E-state index is 12.8. The Morgan fingerprint density at radius 2 is 1.69 bits per heavy atom. The third-order valence-electron chi connectivity index (χ3n) is 4.97. The second-order valence-corrected chi connectivity index (χ2v) is 12.3. The number of carbonyl (C=O) groups excluding carboxylic acids is 3. The summed E-state index contributed by atoms with van der Waals surface area (Å²) in [4.78, 5) is 50.8. The molecule has 14 nitrogen and oxygen atoms in total. The van der Waals surface area contributed by atoms with Crippen molar-refractivity contribution in [1.82, 2.24) is 35.6 Å². The van der Waals surface area contributed by atoms with Gasteiger partial charge in [0.15, 0.2) is 5.78 Å². The molecule has 0 aliphatic rings. The van der Waals surface area contributed by atoms with Gasteiger partial charge in [0.25, 0.3) is 0 Å². The maximum Gasteiger partial charge on any atom is 0.305 e. The van der Waals surface area contributed by atoms with Crippen LogP contribution in [0.3, 0.4) is 0 Å². The van der Waals surface area contributed by atoms with Gasteiger partial charge >= 0.3 is 5.97 Å². The molecule has 214 valence electrons. The number of rotatable bonds is 14. The van der Waals surface area contributed by atoms with Gasteiger partial charge in [0.2, 0.25) is 27.0 Å². The molecule has 2 amide bonds. The summed E-state index contributed by atoms with van der Waals surface area (Å²) in [5.41, 5.74) is 0. The van der Waals surface area contributed by atoms with Gasteiger partial charge in [-0.2, -0.15) is 4.80 Å². The van der Waals surface area contributed by atoms with Crippen LogP contribution in [0, 0.1) is 5.92 Å². The lowest BCUT2D eigenvalue weighted by Gasteiger charge is -2.24. The highest BCUT2D eigenvalue weighted by atomic mass is 35.5. The normalized spacial score (nSPS) is 13.9. The smallest absolute Gasteiger partial charge is 0.305 e. The van der Waals surface area contributed by atoms with E-state index in [4.69, 9.17) is 23.2 Å². The summed E-state index contributed by atoms with van der Waals surface area (Å²) in [5.74, 6) is -4.18. The van der Waals surface area contributed by atoms with Crippen molar-refractivity contribution >= 4 is 68.6 Å². The number of ketones is 1. The van der Waals surface area contributed by atoms with Gasteiger partial charge < -0.3 is 15.7 Å². The summed E-state index contributed by atoms with van der Waals surface area (Å²) in [5, 5.41) is 26.4. The van der Waals surface area contributed by atoms with E-state index in [0.717, 1.165) is 22.8 Å². The van der Waals surface area contributed by atoms with Gasteiger partial charge in [-0.25, -0.2) is 13.1 Å². The van der Waals surface area contributed by atoms with E-state index >= 15 is 0 Å². The number of carbonyl (C=O) groups is 4. The number of carboxylic acids is 1. The van der Waals surface area contributed by atoms with Crippen LogP contribution in [0.5, 0.6) is 0 Å². The van der Waals surface area contributed by atoms with Crippen LogP contribution in [0.4, 0.5) is 0 Å². The van der Waals surface area contributed by atoms with Crippen molar-refractivity contribution in [3.8, 4) is 0 Å². The molecule has 3 atom stereocenters. The lowest BCUT2D eigenvalue weighted by atomic mass is 10.0. The SMILES string of the molecule is CC(NC(=O)C(NS(C)(=O)=O)C(C)C)C(=O)NC(CC(=O)O)C(=O)Cn1nnc(Sc2c(Cl)cccc2Cl)n1. The molecule has 1 aromatic carbocycles. The molecule has 1 heterocycles. The fourth-order valence-corrected chi connectivity index (χ4v) is 5.26. The number of carboxylic acid groups (broad SMARTS) is 1. The van der Waals surface area contributed by atoms with Gasteiger partial charge in [0.1, 0.15) is 24.7 Å². The van der Waals surface area contributed by atoms with Crippen LogP contribution in [0.25, 0.3) is 0 Å². The van der Waals surface area contributed by atoms with Crippen LogP contribution in [0.1, 0.15) is 27.2 Å². The molecule has 0 bridgehead atoms. The van der Waals surface area contributed by atoms with E-state index in [-0.39, 0.29) is 5.16 Å². The molecule has 0 aliphatic carbocycles. The number of hydrogen-bond donors (Lipinski definition) is 4. The fourth-order valence-electron chi connectivity index (χ4n) is 3.07. The molecule has 39 heavy (non-hydrogen) atoms. The standard InChI is InChI=1S/C21H27Cl2N7O7S2/c1-10(2)17(28-39(4,36)37)20(35)24-11(3)19(34)25-14(8-16(32)33)15(31)9-30-27-21(26-29-30)38-18-12(22)6-5-7-13(18)23/h5-7,10-11,14,17,28H,8-9H2,1-4H3,(H,24,35)(H,25,34)(H,32,33). The number of aliphatic carboxylic acids is 1. The van der Waals surface area contributed by atoms with Gasteiger partial charge in [-0.15, -0.1) is 10.2 Å². The van der Waals surface area contributed by atoms with Gasteiger partial charge in [0, 0.05) is 0 Å². The molecule has 3 unspecified atom stereocenters. The summed E-state index contributed by atoms with van der Waals surface area (Å²) in [6.45, 7) is 4.01. The predicted octanol–water partition coefficient (Wildman–Crippen LogP) is 0.738. The molecule has 1 aromatic heterocycles. The number of Topliss-reactive ketones (excluding diaryl/α,β-unsaturated/α-hetero) is 1. The van der Waals surface area contributed by atoms with E-state index in [9.17, 15) is 32.7 Å². The van der Waals surface area contributed by atoms with Crippen LogP contribution in [-0.2, 0) is 35.7 Å². The average molecular weight is 625 g/mol. The van der Waals surface area contributed by atoms with Crippen molar-refractivity contribution in [2.24, 2.45) is 5.92 Å². The molecule has 2 aromatic rings. The lowest BCUT2D eigenvalue weighted by molar-refractivity contribution is -0.140. The molecule has 0 saturated carbocycles. The van der Waals surface area contributed by atoms with E-state index in [0.29, 0.717) is 14.9 Å². The Morgan fingerprint density at radius 1 is 1.08 bits per heavy atom. The molecule has 0 aliphatic heterocycles. The lowest BCUT2D eigenvalue weighted by Crippen LogP contribution is -2.56. The first-order valence-corrected chi connectivity index (χ1v) is 14.8. The first-order valence-electron chi connectivity index (χ1n) is 11.3. The Labute approximate surface area is 238 Å². The largest absolute Gasteiger partial charge is 0.481 e. The Kier molecular flexibility index (Phi) is 11.7. The summed E-state index contributed by atoms with van der Waals surface area (Å²) in [6.07, 6.45) is 0.145. The minimum absolute atomic E-state index is 0.121. The van der Waals surface area contributed by atoms with E-state index in [1.807, 2.05) is 0 Å². The minimum atomic E-state index is -3.72. The van der Waals surface area contributed by atoms with Crippen molar-refractivity contribution in [2.75, 3.05) is 6.26 Å². The van der Waals surface area contributed by atoms with Crippen LogP contribution < -0.4 is 15.4 Å². The van der Waals surface area contributed by atoms with Crippen molar-refractivity contribution < 1.29 is 32.7 Å². The van der Waals surface area contributed by atoms with Crippen LogP contribution in [0.15, 0.2) is 28.3 Å². The van der Waals surface area contributed by atoms with E-state index in [1.165, 1.54) is 6.92 Å². The average Bonchev–Trinajstić information content (AvgIpc) is 3.25. The highest BCUT2D eigenvalue weighted by Crippen LogP contribution is 2.36. The molecule has 0 radical (unpaired) electrons. The van der Waals surface area contributed by atoms with Crippen molar-refractivity contribution in [3.05, 3.63) is 28.2 Å². The number of nitrogens with zero attached hydrogens (tertiary/aromatic N) is 4. The maximum absolute atomic E-state index is 12.8. The molecule has 18 heteroatoms. The fraction of sp³-hybridized carbons (Fsp3) is 0.476. The third kappa shape index (κ3) is 10.4. The summed E-state index contributed by atoms with van der Waals surface area (Å²) >= 11 is 13.3. The first kappa shape index (κ1) is 32.4. The second-order valence-electron chi connectivity index (χ2n) is 8.72. The first-order chi connectivity index (χ1) is 18.1. The minimum Gasteiger partial charge on any atom is -0.481 e. The van der Waals surface area contributed by atoms with E-state index < -0.39 is 70.6 Å². The molecular weight excluding hydrogens is 597 g/mol. The number of benzene rings is 1. The van der Waals surface area contributed by atoms with Crippen LogP contribution in [-0.4, -0.2) is 81.7 Å². The zero-order chi connectivity index (χ0) is 29.5. The van der Waals surface area contributed by atoms with Crippen molar-refractivity contribution in [3.63, 3.8) is 0 Å². The molecule has 0 spiro atoms. The summed E-state index contributed by atoms with van der Waals surface area (Å²) in [6, 6.07) is 1.05. The Bertz CT molecular complexity index is 1320. The Balaban J connectivity index is 2.07. The number of aromatic nitrogens is 4. The quantitative estimate of drug-likeness (QED) is 0.231. The summed E-state index contributed by atoms with van der Waals surface area (Å²) in [7, 11) is -3.72. The van der Waals surface area contributed by atoms with Crippen molar-refractivity contribution in [1.29, 1.82) is 0 Å². The third-order valence-corrected chi connectivity index (χ3v) is 7.50.